The van der Waals surface area contributed by atoms with E-state index in [9.17, 15) is 0 Å². The van der Waals surface area contributed by atoms with E-state index in [0.717, 1.165) is 34.9 Å². The smallest absolute Gasteiger partial charge is 0.151 e. The summed E-state index contributed by atoms with van der Waals surface area (Å²) in [5.74, 6) is 1.76. The Morgan fingerprint density at radius 3 is 2.71 bits per heavy atom. The molecule has 2 aromatic rings. The number of nitrogens with zero attached hydrogens (tertiary/aromatic N) is 4. The molecule has 0 saturated carbocycles. The number of aryl methyl sites for hydroxylation is 1. The molecule has 1 atom stereocenters. The third-order valence-corrected chi connectivity index (χ3v) is 4.87. The number of aromatic nitrogens is 2. The van der Waals surface area contributed by atoms with E-state index in [1.807, 2.05) is 18.2 Å². The molecule has 1 saturated heterocycles. The Morgan fingerprint density at radius 1 is 1.21 bits per heavy atom. The van der Waals surface area contributed by atoms with Crippen LogP contribution in [0.4, 0.5) is 5.82 Å². The molecule has 24 heavy (non-hydrogen) atoms. The summed E-state index contributed by atoms with van der Waals surface area (Å²) in [6, 6.07) is 10.6. The summed E-state index contributed by atoms with van der Waals surface area (Å²) in [7, 11) is 5.98. The minimum absolute atomic E-state index is 0.497. The standard InChI is InChI=1S/C19H26N4O/c1-14-7-5-9-17(24-4)19(14)16-10-11-18(21-20-16)23(3)15-8-6-12-22(2)13-15/h5,7,9-11,15H,6,8,12-13H2,1-4H3. The quantitative estimate of drug-likeness (QED) is 0.864. The van der Waals surface area contributed by atoms with Crippen LogP contribution in [0.15, 0.2) is 30.3 Å². The summed E-state index contributed by atoms with van der Waals surface area (Å²) in [5, 5.41) is 8.94. The van der Waals surface area contributed by atoms with E-state index in [0.29, 0.717) is 6.04 Å². The fourth-order valence-electron chi connectivity index (χ4n) is 3.43. The number of rotatable bonds is 4. The molecule has 0 bridgehead atoms. The second kappa shape index (κ2) is 7.18. The molecule has 0 aliphatic carbocycles. The Kier molecular flexibility index (Phi) is 5.00. The van der Waals surface area contributed by atoms with Crippen molar-refractivity contribution in [1.82, 2.24) is 15.1 Å². The van der Waals surface area contributed by atoms with Crippen LogP contribution in [0.25, 0.3) is 11.3 Å². The molecule has 1 unspecified atom stereocenters. The first-order valence-electron chi connectivity index (χ1n) is 8.49. The summed E-state index contributed by atoms with van der Waals surface area (Å²) in [6.07, 6.45) is 2.44. The van der Waals surface area contributed by atoms with Gasteiger partial charge in [-0.05, 0) is 57.1 Å². The van der Waals surface area contributed by atoms with Crippen molar-refractivity contribution >= 4 is 5.82 Å². The van der Waals surface area contributed by atoms with Gasteiger partial charge in [-0.3, -0.25) is 0 Å². The molecule has 5 heteroatoms. The number of hydrogen-bond donors (Lipinski definition) is 0. The Hall–Kier alpha value is -2.14. The van der Waals surface area contributed by atoms with Crippen molar-refractivity contribution in [2.75, 3.05) is 39.2 Å². The highest BCUT2D eigenvalue weighted by atomic mass is 16.5. The summed E-state index contributed by atoms with van der Waals surface area (Å²) in [4.78, 5) is 4.63. The minimum atomic E-state index is 0.497. The lowest BCUT2D eigenvalue weighted by Gasteiger charge is -2.36. The predicted octanol–water partition coefficient (Wildman–Crippen LogP) is 2.99. The molecule has 0 radical (unpaired) electrons. The zero-order valence-corrected chi connectivity index (χ0v) is 15.0. The van der Waals surface area contributed by atoms with E-state index in [2.05, 4.69) is 53.1 Å². The molecular weight excluding hydrogens is 300 g/mol. The zero-order valence-electron chi connectivity index (χ0n) is 15.0. The number of benzene rings is 1. The molecule has 1 aromatic heterocycles. The maximum atomic E-state index is 5.48. The number of ether oxygens (including phenoxy) is 1. The minimum Gasteiger partial charge on any atom is -0.496 e. The van der Waals surface area contributed by atoms with Gasteiger partial charge in [-0.25, -0.2) is 0 Å². The van der Waals surface area contributed by atoms with Gasteiger partial charge < -0.3 is 14.5 Å². The van der Waals surface area contributed by atoms with Crippen molar-refractivity contribution in [2.45, 2.75) is 25.8 Å². The predicted molar refractivity (Wildman–Crippen MR) is 97.7 cm³/mol. The third kappa shape index (κ3) is 3.36. The average Bonchev–Trinajstić information content (AvgIpc) is 2.61. The van der Waals surface area contributed by atoms with Crippen molar-refractivity contribution in [2.24, 2.45) is 0 Å². The highest BCUT2D eigenvalue weighted by Crippen LogP contribution is 2.32. The molecule has 0 N–H and O–H groups in total. The number of anilines is 1. The molecule has 0 amide bonds. The van der Waals surface area contributed by atoms with Crippen LogP contribution in [0.5, 0.6) is 5.75 Å². The van der Waals surface area contributed by atoms with Crippen LogP contribution < -0.4 is 9.64 Å². The van der Waals surface area contributed by atoms with Gasteiger partial charge in [0.25, 0.3) is 0 Å². The number of methoxy groups -OCH3 is 1. The number of likely N-dealkylation sites (N-methyl/N-ethyl adjacent to an activating group) is 2. The average molecular weight is 326 g/mol. The molecular formula is C19H26N4O. The van der Waals surface area contributed by atoms with Gasteiger partial charge in [0.05, 0.1) is 12.8 Å². The van der Waals surface area contributed by atoms with E-state index in [1.165, 1.54) is 19.4 Å². The van der Waals surface area contributed by atoms with Crippen molar-refractivity contribution in [3.63, 3.8) is 0 Å². The van der Waals surface area contributed by atoms with Crippen molar-refractivity contribution in [3.05, 3.63) is 35.9 Å². The van der Waals surface area contributed by atoms with Gasteiger partial charge in [0.15, 0.2) is 5.82 Å². The third-order valence-electron chi connectivity index (χ3n) is 4.87. The molecule has 1 aromatic carbocycles. The molecule has 2 heterocycles. The monoisotopic (exact) mass is 326 g/mol. The maximum Gasteiger partial charge on any atom is 0.151 e. The largest absolute Gasteiger partial charge is 0.496 e. The number of hydrogen-bond acceptors (Lipinski definition) is 5. The Morgan fingerprint density at radius 2 is 2.04 bits per heavy atom. The lowest BCUT2D eigenvalue weighted by atomic mass is 10.0. The van der Waals surface area contributed by atoms with Crippen molar-refractivity contribution < 1.29 is 4.74 Å². The van der Waals surface area contributed by atoms with E-state index in [4.69, 9.17) is 4.74 Å². The summed E-state index contributed by atoms with van der Waals surface area (Å²) in [6.45, 7) is 4.32. The van der Waals surface area contributed by atoms with Gasteiger partial charge in [0, 0.05) is 25.2 Å². The van der Waals surface area contributed by atoms with Crippen LogP contribution in [-0.4, -0.2) is 55.4 Å². The number of likely N-dealkylation sites (tertiary alicyclic amines) is 1. The van der Waals surface area contributed by atoms with Crippen LogP contribution in [-0.2, 0) is 0 Å². The van der Waals surface area contributed by atoms with E-state index in [1.54, 1.807) is 7.11 Å². The first-order chi connectivity index (χ1) is 11.6. The molecule has 0 spiro atoms. The second-order valence-corrected chi connectivity index (χ2v) is 6.60. The lowest BCUT2D eigenvalue weighted by molar-refractivity contribution is 0.247. The highest BCUT2D eigenvalue weighted by Gasteiger charge is 2.22. The summed E-state index contributed by atoms with van der Waals surface area (Å²) < 4.78 is 5.48. The van der Waals surface area contributed by atoms with Crippen LogP contribution in [0.1, 0.15) is 18.4 Å². The maximum absolute atomic E-state index is 5.48. The lowest BCUT2D eigenvalue weighted by Crippen LogP contribution is -2.45. The van der Waals surface area contributed by atoms with Gasteiger partial charge in [0.1, 0.15) is 5.75 Å². The van der Waals surface area contributed by atoms with Crippen LogP contribution >= 0.6 is 0 Å². The molecule has 1 aliphatic rings. The summed E-state index contributed by atoms with van der Waals surface area (Å²) in [5.41, 5.74) is 3.00. The second-order valence-electron chi connectivity index (χ2n) is 6.60. The molecule has 5 nitrogen and oxygen atoms in total. The normalized spacial score (nSPS) is 18.4. The van der Waals surface area contributed by atoms with Gasteiger partial charge in [-0.15, -0.1) is 10.2 Å². The van der Waals surface area contributed by atoms with E-state index in [-0.39, 0.29) is 0 Å². The summed E-state index contributed by atoms with van der Waals surface area (Å²) >= 11 is 0. The van der Waals surface area contributed by atoms with Crippen molar-refractivity contribution in [1.29, 1.82) is 0 Å². The molecule has 1 aliphatic heterocycles. The number of piperidine rings is 1. The molecule has 128 valence electrons. The fourth-order valence-corrected chi connectivity index (χ4v) is 3.43. The molecule has 3 rings (SSSR count). The van der Waals surface area contributed by atoms with Crippen LogP contribution in [0, 0.1) is 6.92 Å². The van der Waals surface area contributed by atoms with Gasteiger partial charge in [-0.2, -0.15) is 0 Å². The Balaban J connectivity index is 1.83. The molecule has 1 fully saturated rings. The zero-order chi connectivity index (χ0) is 17.1. The van der Waals surface area contributed by atoms with Crippen LogP contribution in [0.3, 0.4) is 0 Å². The highest BCUT2D eigenvalue weighted by molar-refractivity contribution is 5.71. The van der Waals surface area contributed by atoms with Crippen LogP contribution in [0.2, 0.25) is 0 Å². The first kappa shape index (κ1) is 16.7. The van der Waals surface area contributed by atoms with Gasteiger partial charge >= 0.3 is 0 Å². The van der Waals surface area contributed by atoms with Crippen molar-refractivity contribution in [3.8, 4) is 17.0 Å². The Labute approximate surface area is 144 Å². The first-order valence-corrected chi connectivity index (χ1v) is 8.49. The van der Waals surface area contributed by atoms with Gasteiger partial charge in [-0.1, -0.05) is 12.1 Å². The van der Waals surface area contributed by atoms with Gasteiger partial charge in [0.2, 0.25) is 0 Å². The Bertz CT molecular complexity index is 686. The fraction of sp³-hybridized carbons (Fsp3) is 0.474. The van der Waals surface area contributed by atoms with E-state index < -0.39 is 0 Å². The SMILES string of the molecule is COc1cccc(C)c1-c1ccc(N(C)C2CCCN(C)C2)nn1. The topological polar surface area (TPSA) is 41.5 Å². The van der Waals surface area contributed by atoms with E-state index >= 15 is 0 Å².